The Morgan fingerprint density at radius 3 is 2.44 bits per heavy atom. The molecule has 1 aliphatic heterocycles. The lowest BCUT2D eigenvalue weighted by molar-refractivity contribution is 0.101. The number of rotatable bonds is 4. The molecule has 0 aromatic heterocycles. The van der Waals surface area contributed by atoms with Gasteiger partial charge in [0.05, 0.1) is 0 Å². The van der Waals surface area contributed by atoms with Crippen LogP contribution in [0.25, 0.3) is 0 Å². The van der Waals surface area contributed by atoms with Gasteiger partial charge in [0.15, 0.2) is 0 Å². The Morgan fingerprint density at radius 2 is 1.94 bits per heavy atom. The highest BCUT2D eigenvalue weighted by molar-refractivity contribution is 5.18. The fourth-order valence-corrected chi connectivity index (χ4v) is 3.38. The van der Waals surface area contributed by atoms with Crippen LogP contribution < -0.4 is 5.73 Å². The quantitative estimate of drug-likeness (QED) is 0.885. The monoisotopic (exact) mass is 246 g/mol. The van der Waals surface area contributed by atoms with Crippen LogP contribution in [0.5, 0.6) is 0 Å². The summed E-state index contributed by atoms with van der Waals surface area (Å²) >= 11 is 0. The molecule has 2 N–H and O–H groups in total. The van der Waals surface area contributed by atoms with Gasteiger partial charge in [-0.2, -0.15) is 0 Å². The Labute approximate surface area is 111 Å². The van der Waals surface area contributed by atoms with E-state index in [0.29, 0.717) is 6.04 Å². The molecule has 0 radical (unpaired) electrons. The number of likely N-dealkylation sites (tertiary alicyclic amines) is 1. The summed E-state index contributed by atoms with van der Waals surface area (Å²) < 4.78 is 0. The molecule has 2 rings (SSSR count). The van der Waals surface area contributed by atoms with Crippen LogP contribution in [0.1, 0.15) is 32.8 Å². The molecule has 1 aliphatic rings. The first-order valence-corrected chi connectivity index (χ1v) is 7.06. The largest absolute Gasteiger partial charge is 0.329 e. The van der Waals surface area contributed by atoms with E-state index in [2.05, 4.69) is 56.0 Å². The van der Waals surface area contributed by atoms with Crippen LogP contribution in [-0.4, -0.2) is 29.6 Å². The minimum atomic E-state index is 0.0888. The zero-order chi connectivity index (χ0) is 13.2. The molecule has 0 amide bonds. The van der Waals surface area contributed by atoms with E-state index in [1.54, 1.807) is 0 Å². The average molecular weight is 246 g/mol. The summed E-state index contributed by atoms with van der Waals surface area (Å²) in [6.45, 7) is 8.90. The Bertz CT molecular complexity index is 376. The van der Waals surface area contributed by atoms with Crippen LogP contribution >= 0.6 is 0 Å². The first-order valence-electron chi connectivity index (χ1n) is 7.06. The van der Waals surface area contributed by atoms with Gasteiger partial charge in [0, 0.05) is 24.7 Å². The van der Waals surface area contributed by atoms with Crippen LogP contribution in [0.3, 0.4) is 0 Å². The van der Waals surface area contributed by atoms with E-state index in [1.165, 1.54) is 18.5 Å². The normalized spacial score (nSPS) is 28.2. The third-order valence-corrected chi connectivity index (χ3v) is 4.34. The predicted octanol–water partition coefficient (Wildman–Crippen LogP) is 2.68. The molecule has 1 heterocycles. The molecule has 0 spiro atoms. The van der Waals surface area contributed by atoms with E-state index < -0.39 is 0 Å². The molecule has 1 aromatic rings. The number of hydrogen-bond acceptors (Lipinski definition) is 2. The van der Waals surface area contributed by atoms with E-state index in [-0.39, 0.29) is 5.54 Å². The van der Waals surface area contributed by atoms with Gasteiger partial charge in [-0.15, -0.1) is 0 Å². The van der Waals surface area contributed by atoms with Gasteiger partial charge in [-0.1, -0.05) is 37.3 Å². The Balaban J connectivity index is 2.15. The van der Waals surface area contributed by atoms with Crippen molar-refractivity contribution in [2.45, 2.75) is 45.2 Å². The minimum absolute atomic E-state index is 0.0888. The predicted molar refractivity (Wildman–Crippen MR) is 77.6 cm³/mol. The second kappa shape index (κ2) is 5.41. The first-order chi connectivity index (χ1) is 8.55. The average Bonchev–Trinajstić information content (AvgIpc) is 2.70. The third kappa shape index (κ3) is 2.76. The maximum absolute atomic E-state index is 6.10. The zero-order valence-corrected chi connectivity index (χ0v) is 11.9. The molecule has 2 nitrogen and oxygen atoms in total. The molecule has 0 aliphatic carbocycles. The molecule has 18 heavy (non-hydrogen) atoms. The number of nitrogens with two attached hydrogens (primary N) is 1. The molecule has 100 valence electrons. The van der Waals surface area contributed by atoms with E-state index >= 15 is 0 Å². The van der Waals surface area contributed by atoms with Gasteiger partial charge in [-0.05, 0) is 38.2 Å². The summed E-state index contributed by atoms with van der Waals surface area (Å²) in [6.07, 6.45) is 2.34. The number of hydrogen-bond donors (Lipinski definition) is 1. The minimum Gasteiger partial charge on any atom is -0.329 e. The molecule has 3 atom stereocenters. The maximum atomic E-state index is 6.10. The SMILES string of the molecule is CC1CC(C)N(C(C)(CN)Cc2ccccc2)C1. The maximum Gasteiger partial charge on any atom is 0.0346 e. The lowest BCUT2D eigenvalue weighted by atomic mass is 9.90. The van der Waals surface area contributed by atoms with Crippen molar-refractivity contribution in [3.05, 3.63) is 35.9 Å². The third-order valence-electron chi connectivity index (χ3n) is 4.34. The molecular formula is C16H26N2. The fourth-order valence-electron chi connectivity index (χ4n) is 3.38. The van der Waals surface area contributed by atoms with Crippen molar-refractivity contribution in [2.75, 3.05) is 13.1 Å². The summed E-state index contributed by atoms with van der Waals surface area (Å²) in [4.78, 5) is 2.62. The standard InChI is InChI=1S/C16H26N2/c1-13-9-14(2)18(11-13)16(3,12-17)10-15-7-5-4-6-8-15/h4-8,13-14H,9-12,17H2,1-3H3. The van der Waals surface area contributed by atoms with Gasteiger partial charge in [-0.25, -0.2) is 0 Å². The number of benzene rings is 1. The van der Waals surface area contributed by atoms with E-state index in [4.69, 9.17) is 5.73 Å². The van der Waals surface area contributed by atoms with Crippen molar-refractivity contribution in [3.63, 3.8) is 0 Å². The number of nitrogens with zero attached hydrogens (tertiary/aromatic N) is 1. The second-order valence-electron chi connectivity index (χ2n) is 6.21. The van der Waals surface area contributed by atoms with Crippen LogP contribution in [0, 0.1) is 5.92 Å². The van der Waals surface area contributed by atoms with Crippen LogP contribution in [-0.2, 0) is 6.42 Å². The van der Waals surface area contributed by atoms with Crippen LogP contribution in [0.2, 0.25) is 0 Å². The van der Waals surface area contributed by atoms with Crippen molar-refractivity contribution >= 4 is 0 Å². The highest BCUT2D eigenvalue weighted by atomic mass is 15.2. The van der Waals surface area contributed by atoms with Gasteiger partial charge < -0.3 is 5.73 Å². The van der Waals surface area contributed by atoms with Crippen molar-refractivity contribution in [3.8, 4) is 0 Å². The molecule has 2 heteroatoms. The highest BCUT2D eigenvalue weighted by Gasteiger charge is 2.38. The van der Waals surface area contributed by atoms with Crippen molar-refractivity contribution in [1.29, 1.82) is 0 Å². The summed E-state index contributed by atoms with van der Waals surface area (Å²) in [6, 6.07) is 11.4. The van der Waals surface area contributed by atoms with E-state index in [1.807, 2.05) is 0 Å². The lowest BCUT2D eigenvalue weighted by Crippen LogP contribution is -2.54. The zero-order valence-electron chi connectivity index (χ0n) is 11.9. The van der Waals surface area contributed by atoms with E-state index in [9.17, 15) is 0 Å². The molecule has 1 saturated heterocycles. The summed E-state index contributed by atoms with van der Waals surface area (Å²) in [5, 5.41) is 0. The Hall–Kier alpha value is -0.860. The van der Waals surface area contributed by atoms with Gasteiger partial charge in [0.1, 0.15) is 0 Å². The Morgan fingerprint density at radius 1 is 1.28 bits per heavy atom. The lowest BCUT2D eigenvalue weighted by Gasteiger charge is -2.41. The van der Waals surface area contributed by atoms with Gasteiger partial charge in [-0.3, -0.25) is 4.90 Å². The van der Waals surface area contributed by atoms with Crippen molar-refractivity contribution in [2.24, 2.45) is 11.7 Å². The Kier molecular flexibility index (Phi) is 4.08. The fraction of sp³-hybridized carbons (Fsp3) is 0.625. The molecular weight excluding hydrogens is 220 g/mol. The second-order valence-corrected chi connectivity index (χ2v) is 6.21. The molecule has 1 fully saturated rings. The van der Waals surface area contributed by atoms with Crippen LogP contribution in [0.4, 0.5) is 0 Å². The molecule has 1 aromatic carbocycles. The first kappa shape index (κ1) is 13.6. The summed E-state index contributed by atoms with van der Waals surface area (Å²) in [5.41, 5.74) is 7.58. The summed E-state index contributed by atoms with van der Waals surface area (Å²) in [5.74, 6) is 0.793. The van der Waals surface area contributed by atoms with Gasteiger partial charge >= 0.3 is 0 Å². The van der Waals surface area contributed by atoms with Gasteiger partial charge in [0.2, 0.25) is 0 Å². The molecule has 3 unspecified atom stereocenters. The van der Waals surface area contributed by atoms with Crippen molar-refractivity contribution < 1.29 is 0 Å². The van der Waals surface area contributed by atoms with Gasteiger partial charge in [0.25, 0.3) is 0 Å². The van der Waals surface area contributed by atoms with Crippen molar-refractivity contribution in [1.82, 2.24) is 4.90 Å². The molecule has 0 saturated carbocycles. The smallest absolute Gasteiger partial charge is 0.0346 e. The van der Waals surface area contributed by atoms with E-state index in [0.717, 1.165) is 18.9 Å². The highest BCUT2D eigenvalue weighted by Crippen LogP contribution is 2.31. The topological polar surface area (TPSA) is 29.3 Å². The van der Waals surface area contributed by atoms with Crippen LogP contribution in [0.15, 0.2) is 30.3 Å². The molecule has 0 bridgehead atoms. The summed E-state index contributed by atoms with van der Waals surface area (Å²) in [7, 11) is 0.